The number of rotatable bonds is 2. The van der Waals surface area contributed by atoms with Gasteiger partial charge >= 0.3 is 12.1 Å². The summed E-state index contributed by atoms with van der Waals surface area (Å²) in [7, 11) is 1.23. The average molecular weight is 348 g/mol. The Morgan fingerprint density at radius 3 is 2.40 bits per heavy atom. The number of carbonyl (C=O) groups is 1. The van der Waals surface area contributed by atoms with Crippen molar-refractivity contribution >= 4 is 16.9 Å². The molecule has 0 saturated carbocycles. The number of esters is 1. The summed E-state index contributed by atoms with van der Waals surface area (Å²) >= 11 is 0. The lowest BCUT2D eigenvalue weighted by atomic mass is 10.1. The standard InChI is InChI=1S/C17H11F3N2O3/c1-25-16(24)10-4-7-12-13(8-10)21-14(22-15(12)23)9-2-5-11(6-3-9)17(18,19)20/h2-8H,1H3,(H,21,22,23). The largest absolute Gasteiger partial charge is 0.465 e. The molecule has 2 aromatic carbocycles. The first kappa shape index (κ1) is 16.7. The molecule has 8 heteroatoms. The van der Waals surface area contributed by atoms with E-state index in [0.29, 0.717) is 5.56 Å². The summed E-state index contributed by atoms with van der Waals surface area (Å²) in [4.78, 5) is 30.5. The van der Waals surface area contributed by atoms with Crippen LogP contribution in [0, 0.1) is 0 Å². The maximum Gasteiger partial charge on any atom is 0.416 e. The van der Waals surface area contributed by atoms with Gasteiger partial charge in [-0.3, -0.25) is 4.79 Å². The molecular weight excluding hydrogens is 337 g/mol. The number of aromatic amines is 1. The molecule has 1 N–H and O–H groups in total. The van der Waals surface area contributed by atoms with Crippen LogP contribution in [0.1, 0.15) is 15.9 Å². The highest BCUT2D eigenvalue weighted by molar-refractivity contribution is 5.94. The number of ether oxygens (including phenoxy) is 1. The van der Waals surface area contributed by atoms with Crippen molar-refractivity contribution in [3.05, 3.63) is 63.9 Å². The van der Waals surface area contributed by atoms with Crippen molar-refractivity contribution in [1.29, 1.82) is 0 Å². The van der Waals surface area contributed by atoms with Gasteiger partial charge in [0.25, 0.3) is 5.56 Å². The number of hydrogen-bond acceptors (Lipinski definition) is 4. The van der Waals surface area contributed by atoms with E-state index >= 15 is 0 Å². The Kier molecular flexibility index (Phi) is 4.03. The second-order valence-corrected chi connectivity index (χ2v) is 5.21. The van der Waals surface area contributed by atoms with Crippen molar-refractivity contribution in [3.8, 4) is 11.4 Å². The average Bonchev–Trinajstić information content (AvgIpc) is 2.59. The lowest BCUT2D eigenvalue weighted by Crippen LogP contribution is -2.11. The molecule has 5 nitrogen and oxygen atoms in total. The van der Waals surface area contributed by atoms with E-state index in [1.165, 1.54) is 37.4 Å². The molecule has 3 aromatic rings. The summed E-state index contributed by atoms with van der Waals surface area (Å²) in [6, 6.07) is 8.51. The number of hydrogen-bond donors (Lipinski definition) is 1. The normalized spacial score (nSPS) is 11.5. The van der Waals surface area contributed by atoms with Crippen LogP contribution in [0.25, 0.3) is 22.3 Å². The zero-order valence-corrected chi connectivity index (χ0v) is 12.8. The summed E-state index contributed by atoms with van der Waals surface area (Å²) in [5.74, 6) is -0.478. The molecule has 0 saturated heterocycles. The first-order valence-electron chi connectivity index (χ1n) is 7.09. The summed E-state index contributed by atoms with van der Waals surface area (Å²) in [5, 5.41) is 0.253. The third-order valence-corrected chi connectivity index (χ3v) is 3.61. The lowest BCUT2D eigenvalue weighted by molar-refractivity contribution is -0.137. The van der Waals surface area contributed by atoms with E-state index in [4.69, 9.17) is 0 Å². The predicted octanol–water partition coefficient (Wildman–Crippen LogP) is 3.40. The van der Waals surface area contributed by atoms with Gasteiger partial charge in [0.15, 0.2) is 0 Å². The van der Waals surface area contributed by atoms with Crippen LogP contribution in [0.15, 0.2) is 47.3 Å². The molecule has 0 radical (unpaired) electrons. The van der Waals surface area contributed by atoms with Gasteiger partial charge in [-0.15, -0.1) is 0 Å². The number of halogens is 3. The first-order chi connectivity index (χ1) is 11.8. The summed E-state index contributed by atoms with van der Waals surface area (Å²) in [5.41, 5.74) is -0.493. The van der Waals surface area contributed by atoms with Crippen LogP contribution in [0.3, 0.4) is 0 Å². The van der Waals surface area contributed by atoms with E-state index in [-0.39, 0.29) is 22.3 Å². The number of H-pyrrole nitrogens is 1. The molecule has 25 heavy (non-hydrogen) atoms. The second kappa shape index (κ2) is 6.04. The number of alkyl halides is 3. The van der Waals surface area contributed by atoms with Crippen LogP contribution >= 0.6 is 0 Å². The monoisotopic (exact) mass is 348 g/mol. The number of methoxy groups -OCH3 is 1. The smallest absolute Gasteiger partial charge is 0.416 e. The highest BCUT2D eigenvalue weighted by atomic mass is 19.4. The first-order valence-corrected chi connectivity index (χ1v) is 7.09. The minimum Gasteiger partial charge on any atom is -0.465 e. The van der Waals surface area contributed by atoms with Crippen molar-refractivity contribution in [1.82, 2.24) is 9.97 Å². The van der Waals surface area contributed by atoms with E-state index in [0.717, 1.165) is 12.1 Å². The summed E-state index contributed by atoms with van der Waals surface area (Å²) in [6.45, 7) is 0. The van der Waals surface area contributed by atoms with Gasteiger partial charge in [-0.1, -0.05) is 12.1 Å². The molecule has 0 aliphatic carbocycles. The zero-order valence-electron chi connectivity index (χ0n) is 12.8. The minimum atomic E-state index is -4.45. The fourth-order valence-electron chi connectivity index (χ4n) is 2.34. The Balaban J connectivity index is 2.10. The highest BCUT2D eigenvalue weighted by Gasteiger charge is 2.30. The molecule has 0 aliphatic rings. The predicted molar refractivity (Wildman–Crippen MR) is 84.1 cm³/mol. The summed E-state index contributed by atoms with van der Waals surface area (Å²) < 4.78 is 42.5. The van der Waals surface area contributed by atoms with Gasteiger partial charge in [-0.05, 0) is 30.3 Å². The molecule has 128 valence electrons. The van der Waals surface area contributed by atoms with Gasteiger partial charge in [-0.2, -0.15) is 13.2 Å². The van der Waals surface area contributed by atoms with Crippen molar-refractivity contribution in [2.75, 3.05) is 7.11 Å². The van der Waals surface area contributed by atoms with E-state index in [1.54, 1.807) is 0 Å². The van der Waals surface area contributed by atoms with Gasteiger partial charge in [0.05, 0.1) is 29.1 Å². The second-order valence-electron chi connectivity index (χ2n) is 5.21. The maximum absolute atomic E-state index is 12.6. The third kappa shape index (κ3) is 3.23. The number of fused-ring (bicyclic) bond motifs is 1. The lowest BCUT2D eigenvalue weighted by Gasteiger charge is -2.08. The number of nitrogens with zero attached hydrogens (tertiary/aromatic N) is 1. The molecule has 1 aromatic heterocycles. The van der Waals surface area contributed by atoms with E-state index < -0.39 is 23.3 Å². The quantitative estimate of drug-likeness (QED) is 0.721. The van der Waals surface area contributed by atoms with Crippen molar-refractivity contribution in [2.45, 2.75) is 6.18 Å². The molecular formula is C17H11F3N2O3. The van der Waals surface area contributed by atoms with Gasteiger partial charge < -0.3 is 9.72 Å². The van der Waals surface area contributed by atoms with Gasteiger partial charge in [0.1, 0.15) is 5.82 Å². The van der Waals surface area contributed by atoms with Crippen LogP contribution in [0.4, 0.5) is 13.2 Å². The Bertz CT molecular complexity index is 1010. The van der Waals surface area contributed by atoms with Gasteiger partial charge in [0, 0.05) is 5.56 Å². The van der Waals surface area contributed by atoms with Crippen LogP contribution in [0.5, 0.6) is 0 Å². The number of benzene rings is 2. The molecule has 1 heterocycles. The van der Waals surface area contributed by atoms with E-state index in [1.807, 2.05) is 0 Å². The molecule has 0 atom stereocenters. The molecule has 0 aliphatic heterocycles. The van der Waals surface area contributed by atoms with Gasteiger partial charge in [0.2, 0.25) is 0 Å². The fourth-order valence-corrected chi connectivity index (χ4v) is 2.34. The molecule has 0 spiro atoms. The highest BCUT2D eigenvalue weighted by Crippen LogP contribution is 2.30. The molecule has 0 fully saturated rings. The Morgan fingerprint density at radius 2 is 1.80 bits per heavy atom. The van der Waals surface area contributed by atoms with Crippen LogP contribution < -0.4 is 5.56 Å². The summed E-state index contributed by atoms with van der Waals surface area (Å²) in [6.07, 6.45) is -4.45. The zero-order chi connectivity index (χ0) is 18.2. The fraction of sp³-hybridized carbons (Fsp3) is 0.118. The number of nitrogens with one attached hydrogen (secondary N) is 1. The molecule has 0 amide bonds. The third-order valence-electron chi connectivity index (χ3n) is 3.61. The van der Waals surface area contributed by atoms with Crippen LogP contribution in [-0.2, 0) is 10.9 Å². The van der Waals surface area contributed by atoms with Crippen LogP contribution in [-0.4, -0.2) is 23.0 Å². The number of carbonyl (C=O) groups excluding carboxylic acids is 1. The molecule has 3 rings (SSSR count). The molecule has 0 unspecified atom stereocenters. The number of aromatic nitrogens is 2. The Labute approximate surface area is 139 Å². The van der Waals surface area contributed by atoms with E-state index in [9.17, 15) is 22.8 Å². The minimum absolute atomic E-state index is 0.105. The van der Waals surface area contributed by atoms with Gasteiger partial charge in [-0.25, -0.2) is 9.78 Å². The van der Waals surface area contributed by atoms with E-state index in [2.05, 4.69) is 14.7 Å². The molecule has 0 bridgehead atoms. The van der Waals surface area contributed by atoms with Crippen molar-refractivity contribution in [2.24, 2.45) is 0 Å². The van der Waals surface area contributed by atoms with Crippen molar-refractivity contribution < 1.29 is 22.7 Å². The Morgan fingerprint density at radius 1 is 1.12 bits per heavy atom. The van der Waals surface area contributed by atoms with Crippen molar-refractivity contribution in [3.63, 3.8) is 0 Å². The SMILES string of the molecule is COC(=O)c1ccc2c(=O)[nH]c(-c3ccc(C(F)(F)F)cc3)nc2c1. The maximum atomic E-state index is 12.6. The topological polar surface area (TPSA) is 72.1 Å². The van der Waals surface area contributed by atoms with Crippen LogP contribution in [0.2, 0.25) is 0 Å². The Hall–Kier alpha value is -3.16.